The summed E-state index contributed by atoms with van der Waals surface area (Å²) in [7, 11) is 0. The van der Waals surface area contributed by atoms with Gasteiger partial charge in [-0.05, 0) is 43.0 Å². The van der Waals surface area contributed by atoms with Crippen molar-refractivity contribution in [3.05, 3.63) is 60.6 Å². The number of aromatic amines is 1. The molecule has 6 heteroatoms. The molecule has 2 N–H and O–H groups in total. The van der Waals surface area contributed by atoms with Gasteiger partial charge >= 0.3 is 0 Å². The molecule has 2 aromatic heterocycles. The van der Waals surface area contributed by atoms with E-state index in [1.54, 1.807) is 12.4 Å². The second kappa shape index (κ2) is 10.4. The lowest BCUT2D eigenvalue weighted by Gasteiger charge is -2.37. The van der Waals surface area contributed by atoms with Crippen molar-refractivity contribution in [2.45, 2.75) is 51.1 Å². The minimum absolute atomic E-state index is 0.00613. The number of likely N-dealkylation sites (tertiary alicyclic amines) is 1. The van der Waals surface area contributed by atoms with E-state index in [1.807, 2.05) is 12.1 Å². The number of piperidine rings is 1. The highest BCUT2D eigenvalue weighted by Gasteiger charge is 2.33. The van der Waals surface area contributed by atoms with Gasteiger partial charge in [-0.15, -0.1) is 0 Å². The summed E-state index contributed by atoms with van der Waals surface area (Å²) < 4.78 is 6.05. The Balaban J connectivity index is 1.28. The highest BCUT2D eigenvalue weighted by atomic mass is 16.5. The largest absolute Gasteiger partial charge is 0.492 e. The minimum atomic E-state index is -0.00613. The molecule has 33 heavy (non-hydrogen) atoms. The van der Waals surface area contributed by atoms with Crippen molar-refractivity contribution in [1.82, 2.24) is 20.2 Å². The quantitative estimate of drug-likeness (QED) is 0.559. The van der Waals surface area contributed by atoms with Crippen LogP contribution in [0.2, 0.25) is 0 Å². The van der Waals surface area contributed by atoms with Gasteiger partial charge in [0.2, 0.25) is 5.91 Å². The van der Waals surface area contributed by atoms with Gasteiger partial charge in [0.15, 0.2) is 0 Å². The maximum absolute atomic E-state index is 13.3. The average molecular weight is 447 g/mol. The number of nitrogens with zero attached hydrogens (tertiary/aromatic N) is 2. The maximum Gasteiger partial charge on any atom is 0.224 e. The van der Waals surface area contributed by atoms with Crippen LogP contribution in [-0.4, -0.2) is 46.5 Å². The highest BCUT2D eigenvalue weighted by molar-refractivity contribution is 5.83. The molecule has 174 valence electrons. The Hall–Kier alpha value is -2.86. The van der Waals surface area contributed by atoms with Gasteiger partial charge in [0.05, 0.1) is 18.7 Å². The summed E-state index contributed by atoms with van der Waals surface area (Å²) >= 11 is 0. The number of para-hydroxylation sites is 1. The Bertz CT molecular complexity index is 1040. The fraction of sp³-hybridized carbons (Fsp3) is 0.481. The van der Waals surface area contributed by atoms with E-state index in [0.29, 0.717) is 18.6 Å². The van der Waals surface area contributed by atoms with Crippen molar-refractivity contribution in [3.8, 4) is 5.75 Å². The first kappa shape index (κ1) is 22.0. The van der Waals surface area contributed by atoms with Gasteiger partial charge in [-0.25, -0.2) is 0 Å². The smallest absolute Gasteiger partial charge is 0.224 e. The summed E-state index contributed by atoms with van der Waals surface area (Å²) in [5.74, 6) is 1.30. The number of benzene rings is 1. The predicted molar refractivity (Wildman–Crippen MR) is 130 cm³/mol. The van der Waals surface area contributed by atoms with Crippen LogP contribution in [0.3, 0.4) is 0 Å². The molecule has 2 fully saturated rings. The lowest BCUT2D eigenvalue weighted by atomic mass is 9.87. The van der Waals surface area contributed by atoms with E-state index in [2.05, 4.69) is 50.6 Å². The molecule has 1 saturated carbocycles. The van der Waals surface area contributed by atoms with Crippen molar-refractivity contribution >= 4 is 16.8 Å². The van der Waals surface area contributed by atoms with Gasteiger partial charge in [0, 0.05) is 54.9 Å². The zero-order valence-corrected chi connectivity index (χ0v) is 19.2. The molecular formula is C27H34N4O2. The Morgan fingerprint density at radius 3 is 2.85 bits per heavy atom. The fourth-order valence-electron chi connectivity index (χ4n) is 5.46. The number of hydrogen-bond acceptors (Lipinski definition) is 4. The zero-order valence-electron chi connectivity index (χ0n) is 19.2. The number of rotatable bonds is 7. The molecule has 2 atom stereocenters. The lowest BCUT2D eigenvalue weighted by Crippen LogP contribution is -2.49. The number of amides is 1. The molecule has 1 amide bonds. The number of H-pyrrole nitrogens is 1. The van der Waals surface area contributed by atoms with E-state index >= 15 is 0 Å². The molecule has 0 radical (unpaired) electrons. The van der Waals surface area contributed by atoms with E-state index in [0.717, 1.165) is 50.2 Å². The number of nitrogens with one attached hydrogen (secondary N) is 2. The monoisotopic (exact) mass is 446 g/mol. The highest BCUT2D eigenvalue weighted by Crippen LogP contribution is 2.28. The minimum Gasteiger partial charge on any atom is -0.492 e. The van der Waals surface area contributed by atoms with E-state index in [1.165, 1.54) is 30.2 Å². The van der Waals surface area contributed by atoms with Crippen molar-refractivity contribution in [2.75, 3.05) is 19.7 Å². The number of carbonyl (C=O) groups is 1. The van der Waals surface area contributed by atoms with Crippen molar-refractivity contribution in [3.63, 3.8) is 0 Å². The first-order chi connectivity index (χ1) is 16.2. The topological polar surface area (TPSA) is 70.2 Å². The summed E-state index contributed by atoms with van der Waals surface area (Å²) in [5, 5.41) is 4.63. The number of aromatic nitrogens is 2. The van der Waals surface area contributed by atoms with Crippen LogP contribution >= 0.6 is 0 Å². The van der Waals surface area contributed by atoms with Crippen LogP contribution in [0, 0.1) is 11.8 Å². The Morgan fingerprint density at radius 2 is 2.00 bits per heavy atom. The summed E-state index contributed by atoms with van der Waals surface area (Å²) in [6.07, 6.45) is 12.5. The first-order valence-corrected chi connectivity index (χ1v) is 12.3. The van der Waals surface area contributed by atoms with Crippen LogP contribution in [0.5, 0.6) is 5.75 Å². The van der Waals surface area contributed by atoms with Crippen LogP contribution in [0.25, 0.3) is 10.9 Å². The van der Waals surface area contributed by atoms with Crippen LogP contribution in [0.15, 0.2) is 55.0 Å². The van der Waals surface area contributed by atoms with Gasteiger partial charge in [-0.1, -0.05) is 37.5 Å². The van der Waals surface area contributed by atoms with Crippen molar-refractivity contribution in [2.24, 2.45) is 11.8 Å². The van der Waals surface area contributed by atoms with Gasteiger partial charge in [0.1, 0.15) is 5.75 Å². The molecule has 1 aliphatic carbocycles. The lowest BCUT2D eigenvalue weighted by molar-refractivity contribution is -0.128. The molecule has 0 unspecified atom stereocenters. The maximum atomic E-state index is 13.3. The molecule has 3 heterocycles. The third-order valence-corrected chi connectivity index (χ3v) is 7.12. The van der Waals surface area contributed by atoms with Gasteiger partial charge in [-0.2, -0.15) is 0 Å². The molecule has 1 aromatic carbocycles. The number of pyridine rings is 1. The molecule has 1 saturated heterocycles. The molecule has 6 nitrogen and oxygen atoms in total. The molecule has 0 spiro atoms. The standard InChI is InChI=1S/C27H34N4O2/c32-27(30-23-7-2-1-3-8-23)21-13-20(19-33-24-9-6-12-28-15-24)16-31(17-21)18-22-14-29-26-11-5-4-10-25(22)26/h4-6,9-12,14-15,20-21,23,29H,1-3,7-8,13,16-19H2,(H,30,32)/t20-,21+/m0/s1. The Kier molecular flexibility index (Phi) is 6.91. The number of carbonyl (C=O) groups excluding carboxylic acids is 1. The first-order valence-electron chi connectivity index (χ1n) is 12.3. The summed E-state index contributed by atoms with van der Waals surface area (Å²) in [6, 6.07) is 12.6. The van der Waals surface area contributed by atoms with Crippen LogP contribution in [0.4, 0.5) is 0 Å². The molecular weight excluding hydrogens is 412 g/mol. The Labute approximate surface area is 195 Å². The second-order valence-corrected chi connectivity index (χ2v) is 9.70. The van der Waals surface area contributed by atoms with E-state index in [9.17, 15) is 4.79 Å². The van der Waals surface area contributed by atoms with E-state index in [-0.39, 0.29) is 11.8 Å². The summed E-state index contributed by atoms with van der Waals surface area (Å²) in [4.78, 5) is 23.2. The summed E-state index contributed by atoms with van der Waals surface area (Å²) in [5.41, 5.74) is 2.44. The van der Waals surface area contributed by atoms with Crippen molar-refractivity contribution < 1.29 is 9.53 Å². The molecule has 2 aliphatic rings. The van der Waals surface area contributed by atoms with Crippen LogP contribution in [-0.2, 0) is 11.3 Å². The number of ether oxygens (including phenoxy) is 1. The van der Waals surface area contributed by atoms with E-state index < -0.39 is 0 Å². The van der Waals surface area contributed by atoms with Crippen LogP contribution in [0.1, 0.15) is 44.1 Å². The molecule has 1 aliphatic heterocycles. The van der Waals surface area contributed by atoms with Gasteiger partial charge < -0.3 is 15.0 Å². The average Bonchev–Trinajstić information content (AvgIpc) is 3.27. The third kappa shape index (κ3) is 5.56. The van der Waals surface area contributed by atoms with Crippen molar-refractivity contribution in [1.29, 1.82) is 0 Å². The fourth-order valence-corrected chi connectivity index (χ4v) is 5.46. The zero-order chi connectivity index (χ0) is 22.5. The Morgan fingerprint density at radius 1 is 1.12 bits per heavy atom. The number of hydrogen-bond donors (Lipinski definition) is 2. The third-order valence-electron chi connectivity index (χ3n) is 7.12. The summed E-state index contributed by atoms with van der Waals surface area (Å²) in [6.45, 7) is 3.15. The van der Waals surface area contributed by atoms with E-state index in [4.69, 9.17) is 4.74 Å². The normalized spacial score (nSPS) is 22.3. The molecule has 0 bridgehead atoms. The SMILES string of the molecule is O=C(NC1CCCCC1)[C@@H]1C[C@H](COc2cccnc2)CN(Cc2c[nH]c3ccccc23)C1. The number of fused-ring (bicyclic) bond motifs is 1. The molecule has 3 aromatic rings. The second-order valence-electron chi connectivity index (χ2n) is 9.70. The predicted octanol–water partition coefficient (Wildman–Crippen LogP) is 4.53. The molecule has 5 rings (SSSR count). The van der Waals surface area contributed by atoms with Gasteiger partial charge in [-0.3, -0.25) is 14.7 Å². The van der Waals surface area contributed by atoms with Gasteiger partial charge in [0.25, 0.3) is 0 Å². The van der Waals surface area contributed by atoms with Crippen LogP contribution < -0.4 is 10.1 Å².